The number of benzene rings is 3. The van der Waals surface area contributed by atoms with Crippen molar-refractivity contribution >= 4 is 12.1 Å². The molecule has 3 aromatic carbocycles. The molecule has 1 fully saturated rings. The Bertz CT molecular complexity index is 983. The second kappa shape index (κ2) is 8.03. The summed E-state index contributed by atoms with van der Waals surface area (Å²) in [5.74, 6) is -0.529. The highest BCUT2D eigenvalue weighted by atomic mass is 16.6. The Morgan fingerprint density at radius 2 is 1.37 bits per heavy atom. The number of hydrogen-bond acceptors (Lipinski definition) is 4. The van der Waals surface area contributed by atoms with E-state index >= 15 is 0 Å². The van der Waals surface area contributed by atoms with E-state index in [-0.39, 0.29) is 0 Å². The smallest absolute Gasteiger partial charge is 0.412 e. The zero-order chi connectivity index (χ0) is 21.1. The van der Waals surface area contributed by atoms with Crippen molar-refractivity contribution in [2.24, 2.45) is 0 Å². The molecule has 1 amide bonds. The Morgan fingerprint density at radius 1 is 0.900 bits per heavy atom. The number of carbonyl (C=O) groups is 2. The molecule has 0 spiro atoms. The van der Waals surface area contributed by atoms with Crippen LogP contribution in [0.2, 0.25) is 0 Å². The molecule has 5 heteroatoms. The third-order valence-electron chi connectivity index (χ3n) is 5.62. The number of amides is 1. The largest absolute Gasteiger partial charge is 0.467 e. The Balaban J connectivity index is 1.91. The van der Waals surface area contributed by atoms with Gasteiger partial charge in [0.15, 0.2) is 11.6 Å². The molecule has 1 aliphatic heterocycles. The topological polar surface area (TPSA) is 55.8 Å². The third kappa shape index (κ3) is 3.22. The Hall–Kier alpha value is -3.60. The standard InChI is InChI=1S/C25H23NO4/c1-25(23(27)29-2)22(20-16-10-5-11-17-20)30-24(28)26(25)21(18-12-6-3-7-13-18)19-14-8-4-9-15-19/h3-17,21-22H,1-2H3. The van der Waals surface area contributed by atoms with Crippen LogP contribution >= 0.6 is 0 Å². The van der Waals surface area contributed by atoms with Gasteiger partial charge in [-0.1, -0.05) is 91.0 Å². The van der Waals surface area contributed by atoms with Gasteiger partial charge in [-0.05, 0) is 23.6 Å². The molecule has 3 aromatic rings. The summed E-state index contributed by atoms with van der Waals surface area (Å²) in [4.78, 5) is 27.9. The second-order valence-electron chi connectivity index (χ2n) is 7.41. The van der Waals surface area contributed by atoms with E-state index in [4.69, 9.17) is 9.47 Å². The summed E-state index contributed by atoms with van der Waals surface area (Å²) in [5.41, 5.74) is 1.14. The minimum absolute atomic E-state index is 0.516. The molecule has 0 aliphatic carbocycles. The number of carbonyl (C=O) groups excluding carboxylic acids is 2. The summed E-state index contributed by atoms with van der Waals surface area (Å²) in [5, 5.41) is 0. The number of methoxy groups -OCH3 is 1. The van der Waals surface area contributed by atoms with E-state index < -0.39 is 29.7 Å². The molecule has 1 saturated heterocycles. The van der Waals surface area contributed by atoms with E-state index in [9.17, 15) is 9.59 Å². The van der Waals surface area contributed by atoms with Crippen LogP contribution in [0.15, 0.2) is 91.0 Å². The van der Waals surface area contributed by atoms with Gasteiger partial charge < -0.3 is 9.47 Å². The van der Waals surface area contributed by atoms with Gasteiger partial charge in [0.1, 0.15) is 0 Å². The highest BCUT2D eigenvalue weighted by Crippen LogP contribution is 2.48. The summed E-state index contributed by atoms with van der Waals surface area (Å²) in [6.45, 7) is 1.71. The highest BCUT2D eigenvalue weighted by molar-refractivity contribution is 5.90. The maximum absolute atomic E-state index is 13.3. The maximum atomic E-state index is 13.3. The molecular formula is C25H23NO4. The van der Waals surface area contributed by atoms with Crippen LogP contribution in [0.4, 0.5) is 4.79 Å². The summed E-state index contributed by atoms with van der Waals surface area (Å²) in [6.07, 6.45) is -1.36. The number of cyclic esters (lactones) is 1. The molecule has 0 bridgehead atoms. The predicted molar refractivity (Wildman–Crippen MR) is 113 cm³/mol. The summed E-state index contributed by atoms with van der Waals surface area (Å²) >= 11 is 0. The van der Waals surface area contributed by atoms with Gasteiger partial charge in [-0.25, -0.2) is 9.59 Å². The first-order valence-electron chi connectivity index (χ1n) is 9.80. The van der Waals surface area contributed by atoms with Crippen molar-refractivity contribution in [1.29, 1.82) is 0 Å². The van der Waals surface area contributed by atoms with Crippen LogP contribution in [0.3, 0.4) is 0 Å². The lowest BCUT2D eigenvalue weighted by Crippen LogP contribution is -2.54. The van der Waals surface area contributed by atoms with Gasteiger partial charge in [-0.3, -0.25) is 4.90 Å². The minimum Gasteiger partial charge on any atom is -0.467 e. The lowest BCUT2D eigenvalue weighted by molar-refractivity contribution is -0.154. The number of rotatable bonds is 5. The number of nitrogens with zero attached hydrogens (tertiary/aromatic N) is 1. The molecule has 152 valence electrons. The molecule has 0 N–H and O–H groups in total. The Labute approximate surface area is 175 Å². The van der Waals surface area contributed by atoms with Gasteiger partial charge >= 0.3 is 12.1 Å². The van der Waals surface area contributed by atoms with Crippen molar-refractivity contribution in [1.82, 2.24) is 4.90 Å². The van der Waals surface area contributed by atoms with E-state index in [0.29, 0.717) is 0 Å². The third-order valence-corrected chi connectivity index (χ3v) is 5.62. The summed E-state index contributed by atoms with van der Waals surface area (Å²) in [7, 11) is 1.33. The van der Waals surface area contributed by atoms with E-state index in [1.165, 1.54) is 12.0 Å². The fourth-order valence-corrected chi connectivity index (χ4v) is 4.16. The van der Waals surface area contributed by atoms with E-state index in [1.807, 2.05) is 91.0 Å². The van der Waals surface area contributed by atoms with Crippen molar-refractivity contribution in [2.45, 2.75) is 24.6 Å². The van der Waals surface area contributed by atoms with Crippen LogP contribution < -0.4 is 0 Å². The molecule has 0 radical (unpaired) electrons. The summed E-state index contributed by atoms with van der Waals surface area (Å²) in [6, 6.07) is 28.0. The SMILES string of the molecule is COC(=O)C1(C)C(c2ccccc2)OC(=O)N1C(c1ccccc1)c1ccccc1. The fourth-order valence-electron chi connectivity index (χ4n) is 4.16. The maximum Gasteiger partial charge on any atom is 0.412 e. The number of esters is 1. The van der Waals surface area contributed by atoms with Crippen LogP contribution in [0.1, 0.15) is 35.8 Å². The van der Waals surface area contributed by atoms with E-state index in [2.05, 4.69) is 0 Å². The normalized spacial score (nSPS) is 20.8. The fraction of sp³-hybridized carbons (Fsp3) is 0.200. The van der Waals surface area contributed by atoms with Crippen molar-refractivity contribution in [3.63, 3.8) is 0 Å². The van der Waals surface area contributed by atoms with Crippen LogP contribution in [-0.2, 0) is 14.3 Å². The molecule has 30 heavy (non-hydrogen) atoms. The van der Waals surface area contributed by atoms with Gasteiger partial charge in [-0.15, -0.1) is 0 Å². The van der Waals surface area contributed by atoms with Crippen LogP contribution in [0.5, 0.6) is 0 Å². The van der Waals surface area contributed by atoms with Gasteiger partial charge in [0, 0.05) is 0 Å². The second-order valence-corrected chi connectivity index (χ2v) is 7.41. The minimum atomic E-state index is -1.36. The van der Waals surface area contributed by atoms with Crippen molar-refractivity contribution in [2.75, 3.05) is 7.11 Å². The molecule has 5 nitrogen and oxygen atoms in total. The predicted octanol–water partition coefficient (Wildman–Crippen LogP) is 4.90. The van der Waals surface area contributed by atoms with Crippen molar-refractivity contribution < 1.29 is 19.1 Å². The molecule has 0 saturated carbocycles. The number of hydrogen-bond donors (Lipinski definition) is 0. The monoisotopic (exact) mass is 401 g/mol. The van der Waals surface area contributed by atoms with Gasteiger partial charge in [0.25, 0.3) is 0 Å². The Kier molecular flexibility index (Phi) is 5.27. The van der Waals surface area contributed by atoms with Gasteiger partial charge in [0.2, 0.25) is 0 Å². The molecule has 2 unspecified atom stereocenters. The van der Waals surface area contributed by atoms with Crippen LogP contribution in [-0.4, -0.2) is 29.6 Å². The Morgan fingerprint density at radius 3 is 1.83 bits per heavy atom. The van der Waals surface area contributed by atoms with E-state index in [1.54, 1.807) is 6.92 Å². The van der Waals surface area contributed by atoms with Gasteiger partial charge in [-0.2, -0.15) is 0 Å². The average molecular weight is 401 g/mol. The lowest BCUT2D eigenvalue weighted by atomic mass is 9.85. The van der Waals surface area contributed by atoms with Crippen LogP contribution in [0.25, 0.3) is 0 Å². The molecular weight excluding hydrogens is 378 g/mol. The van der Waals surface area contributed by atoms with Gasteiger partial charge in [0.05, 0.1) is 13.2 Å². The van der Waals surface area contributed by atoms with Crippen LogP contribution in [0, 0.1) is 0 Å². The van der Waals surface area contributed by atoms with Crippen molar-refractivity contribution in [3.8, 4) is 0 Å². The molecule has 1 heterocycles. The first kappa shape index (κ1) is 19.7. The zero-order valence-electron chi connectivity index (χ0n) is 16.9. The van der Waals surface area contributed by atoms with E-state index in [0.717, 1.165) is 16.7 Å². The summed E-state index contributed by atoms with van der Waals surface area (Å²) < 4.78 is 11.0. The molecule has 1 aliphatic rings. The molecule has 0 aromatic heterocycles. The first-order chi connectivity index (χ1) is 14.6. The average Bonchev–Trinajstić information content (AvgIpc) is 3.07. The highest BCUT2D eigenvalue weighted by Gasteiger charge is 2.60. The quantitative estimate of drug-likeness (QED) is 0.571. The molecule has 4 rings (SSSR count). The van der Waals surface area contributed by atoms with Crippen molar-refractivity contribution in [3.05, 3.63) is 108 Å². The number of ether oxygens (including phenoxy) is 2. The first-order valence-corrected chi connectivity index (χ1v) is 9.80. The lowest BCUT2D eigenvalue weighted by Gasteiger charge is -2.38. The zero-order valence-corrected chi connectivity index (χ0v) is 16.9. The molecule has 2 atom stereocenters.